The Balaban J connectivity index is 1.87. The Bertz CT molecular complexity index is 659. The van der Waals surface area contributed by atoms with Crippen LogP contribution in [0.4, 0.5) is 5.69 Å². The molecule has 0 spiro atoms. The SMILES string of the molecule is Cc1ccc(NC(=O)COC(=O)c2ccncc2)cc1Cl. The number of nitrogens with zero attached hydrogens (tertiary/aromatic N) is 1. The monoisotopic (exact) mass is 304 g/mol. The van der Waals surface area contributed by atoms with Gasteiger partial charge in [-0.15, -0.1) is 0 Å². The van der Waals surface area contributed by atoms with E-state index in [1.807, 2.05) is 6.92 Å². The Morgan fingerprint density at radius 3 is 2.62 bits per heavy atom. The number of aryl methyl sites for hydroxylation is 1. The van der Waals surface area contributed by atoms with Gasteiger partial charge in [-0.25, -0.2) is 4.79 Å². The molecule has 2 aromatic rings. The van der Waals surface area contributed by atoms with Crippen LogP contribution in [0.5, 0.6) is 0 Å². The Kier molecular flexibility index (Phi) is 4.90. The molecule has 5 nitrogen and oxygen atoms in total. The number of ether oxygens (including phenoxy) is 1. The Morgan fingerprint density at radius 2 is 1.95 bits per heavy atom. The van der Waals surface area contributed by atoms with Crippen LogP contribution < -0.4 is 5.32 Å². The highest BCUT2D eigenvalue weighted by molar-refractivity contribution is 6.31. The van der Waals surface area contributed by atoms with E-state index in [1.54, 1.807) is 18.2 Å². The molecule has 1 aromatic carbocycles. The molecule has 1 heterocycles. The number of nitrogens with one attached hydrogen (secondary N) is 1. The van der Waals surface area contributed by atoms with Crippen molar-refractivity contribution in [3.05, 3.63) is 58.9 Å². The second kappa shape index (κ2) is 6.85. The fraction of sp³-hybridized carbons (Fsp3) is 0.133. The molecule has 21 heavy (non-hydrogen) atoms. The molecule has 0 atom stereocenters. The standard InChI is InChI=1S/C15H13ClN2O3/c1-10-2-3-12(8-13(10)16)18-14(19)9-21-15(20)11-4-6-17-7-5-11/h2-8H,9H2,1H3,(H,18,19). The molecule has 108 valence electrons. The summed E-state index contributed by atoms with van der Waals surface area (Å²) in [7, 11) is 0. The van der Waals surface area contributed by atoms with E-state index in [4.69, 9.17) is 16.3 Å². The Hall–Kier alpha value is -2.40. The first-order valence-corrected chi connectivity index (χ1v) is 6.57. The average molecular weight is 305 g/mol. The molecule has 0 fully saturated rings. The number of aromatic nitrogens is 1. The summed E-state index contributed by atoms with van der Waals surface area (Å²) in [6.45, 7) is 1.50. The summed E-state index contributed by atoms with van der Waals surface area (Å²) in [6, 6.07) is 8.18. The minimum atomic E-state index is -0.575. The molecule has 0 saturated heterocycles. The third kappa shape index (κ3) is 4.29. The summed E-state index contributed by atoms with van der Waals surface area (Å²) in [5, 5.41) is 3.16. The maximum Gasteiger partial charge on any atom is 0.338 e. The lowest BCUT2D eigenvalue weighted by Gasteiger charge is -2.07. The molecule has 0 saturated carbocycles. The van der Waals surface area contributed by atoms with Gasteiger partial charge in [0.2, 0.25) is 0 Å². The Morgan fingerprint density at radius 1 is 1.24 bits per heavy atom. The van der Waals surface area contributed by atoms with Crippen LogP contribution in [-0.4, -0.2) is 23.5 Å². The smallest absolute Gasteiger partial charge is 0.338 e. The van der Waals surface area contributed by atoms with Gasteiger partial charge in [-0.1, -0.05) is 17.7 Å². The van der Waals surface area contributed by atoms with E-state index < -0.39 is 11.9 Å². The number of amides is 1. The maximum atomic E-state index is 11.7. The highest BCUT2D eigenvalue weighted by Crippen LogP contribution is 2.19. The van der Waals surface area contributed by atoms with Crippen molar-refractivity contribution in [2.75, 3.05) is 11.9 Å². The highest BCUT2D eigenvalue weighted by atomic mass is 35.5. The van der Waals surface area contributed by atoms with E-state index >= 15 is 0 Å². The van der Waals surface area contributed by atoms with E-state index in [9.17, 15) is 9.59 Å². The molecule has 0 radical (unpaired) electrons. The zero-order valence-corrected chi connectivity index (χ0v) is 12.1. The van der Waals surface area contributed by atoms with Crippen molar-refractivity contribution in [1.82, 2.24) is 4.98 Å². The van der Waals surface area contributed by atoms with Crippen LogP contribution in [0.25, 0.3) is 0 Å². The van der Waals surface area contributed by atoms with Gasteiger partial charge in [-0.2, -0.15) is 0 Å². The van der Waals surface area contributed by atoms with Gasteiger partial charge in [-0.05, 0) is 36.8 Å². The van der Waals surface area contributed by atoms with Crippen LogP contribution in [0.2, 0.25) is 5.02 Å². The lowest BCUT2D eigenvalue weighted by Crippen LogP contribution is -2.20. The number of halogens is 1. The molecule has 1 aromatic heterocycles. The predicted octanol–water partition coefficient (Wildman–Crippen LogP) is 2.84. The zero-order valence-electron chi connectivity index (χ0n) is 11.3. The number of anilines is 1. The maximum absolute atomic E-state index is 11.7. The van der Waals surface area contributed by atoms with Gasteiger partial charge in [0, 0.05) is 23.1 Å². The van der Waals surface area contributed by atoms with Crippen LogP contribution >= 0.6 is 11.6 Å². The quantitative estimate of drug-likeness (QED) is 0.882. The van der Waals surface area contributed by atoms with Crippen molar-refractivity contribution in [2.24, 2.45) is 0 Å². The fourth-order valence-corrected chi connectivity index (χ4v) is 1.75. The fourth-order valence-electron chi connectivity index (χ4n) is 1.57. The molecular formula is C15H13ClN2O3. The topological polar surface area (TPSA) is 68.3 Å². The number of carbonyl (C=O) groups excluding carboxylic acids is 2. The largest absolute Gasteiger partial charge is 0.452 e. The first-order valence-electron chi connectivity index (χ1n) is 6.19. The number of hydrogen-bond donors (Lipinski definition) is 1. The lowest BCUT2D eigenvalue weighted by atomic mass is 10.2. The van der Waals surface area contributed by atoms with Crippen molar-refractivity contribution >= 4 is 29.2 Å². The van der Waals surface area contributed by atoms with Crippen molar-refractivity contribution in [3.8, 4) is 0 Å². The summed E-state index contributed by atoms with van der Waals surface area (Å²) in [4.78, 5) is 27.1. The van der Waals surface area contributed by atoms with Gasteiger partial charge >= 0.3 is 5.97 Å². The summed E-state index contributed by atoms with van der Waals surface area (Å²) in [6.07, 6.45) is 2.95. The molecule has 2 rings (SSSR count). The minimum absolute atomic E-state index is 0.344. The third-order valence-electron chi connectivity index (χ3n) is 2.71. The van der Waals surface area contributed by atoms with Crippen molar-refractivity contribution in [2.45, 2.75) is 6.92 Å². The first kappa shape index (κ1) is 15.0. The summed E-state index contributed by atoms with van der Waals surface area (Å²) >= 11 is 5.96. The summed E-state index contributed by atoms with van der Waals surface area (Å²) < 4.78 is 4.90. The van der Waals surface area contributed by atoms with E-state index in [-0.39, 0.29) is 6.61 Å². The van der Waals surface area contributed by atoms with E-state index in [0.717, 1.165) is 5.56 Å². The highest BCUT2D eigenvalue weighted by Gasteiger charge is 2.10. The van der Waals surface area contributed by atoms with E-state index in [0.29, 0.717) is 16.3 Å². The summed E-state index contributed by atoms with van der Waals surface area (Å²) in [5.41, 5.74) is 1.81. The van der Waals surface area contributed by atoms with Crippen molar-refractivity contribution < 1.29 is 14.3 Å². The van der Waals surface area contributed by atoms with E-state index in [2.05, 4.69) is 10.3 Å². The predicted molar refractivity (Wildman–Crippen MR) is 79.3 cm³/mol. The number of pyridine rings is 1. The molecule has 0 bridgehead atoms. The molecule has 1 amide bonds. The average Bonchev–Trinajstić information content (AvgIpc) is 2.49. The number of hydrogen-bond acceptors (Lipinski definition) is 4. The Labute approximate surface area is 126 Å². The molecule has 0 aliphatic rings. The van der Waals surface area contributed by atoms with Crippen LogP contribution in [0, 0.1) is 6.92 Å². The van der Waals surface area contributed by atoms with Crippen LogP contribution in [0.15, 0.2) is 42.7 Å². The number of carbonyl (C=O) groups is 2. The number of esters is 1. The first-order chi connectivity index (χ1) is 10.1. The van der Waals surface area contributed by atoms with Gasteiger partial charge in [0.1, 0.15) is 0 Å². The van der Waals surface area contributed by atoms with Gasteiger partial charge in [-0.3, -0.25) is 9.78 Å². The normalized spacial score (nSPS) is 10.0. The van der Waals surface area contributed by atoms with Gasteiger partial charge in [0.05, 0.1) is 5.56 Å². The van der Waals surface area contributed by atoms with Gasteiger partial charge in [0.15, 0.2) is 6.61 Å². The van der Waals surface area contributed by atoms with E-state index in [1.165, 1.54) is 24.5 Å². The minimum Gasteiger partial charge on any atom is -0.452 e. The molecule has 6 heteroatoms. The van der Waals surface area contributed by atoms with Crippen LogP contribution in [-0.2, 0) is 9.53 Å². The van der Waals surface area contributed by atoms with Gasteiger partial charge < -0.3 is 10.1 Å². The van der Waals surface area contributed by atoms with Crippen molar-refractivity contribution in [3.63, 3.8) is 0 Å². The van der Waals surface area contributed by atoms with Gasteiger partial charge in [0.25, 0.3) is 5.91 Å². The second-order valence-corrected chi connectivity index (χ2v) is 4.73. The molecule has 0 aliphatic carbocycles. The lowest BCUT2D eigenvalue weighted by molar-refractivity contribution is -0.119. The number of benzene rings is 1. The van der Waals surface area contributed by atoms with Crippen LogP contribution in [0.3, 0.4) is 0 Å². The molecule has 0 unspecified atom stereocenters. The molecule has 0 aliphatic heterocycles. The molecule has 1 N–H and O–H groups in total. The van der Waals surface area contributed by atoms with Crippen molar-refractivity contribution in [1.29, 1.82) is 0 Å². The molecular weight excluding hydrogens is 292 g/mol. The second-order valence-electron chi connectivity index (χ2n) is 4.32. The van der Waals surface area contributed by atoms with Crippen LogP contribution in [0.1, 0.15) is 15.9 Å². The third-order valence-corrected chi connectivity index (χ3v) is 3.11. The summed E-state index contributed by atoms with van der Waals surface area (Å²) in [5.74, 6) is -1.01. The zero-order chi connectivity index (χ0) is 15.2. The number of rotatable bonds is 4.